The number of ether oxygens (including phenoxy) is 1. The van der Waals surface area contributed by atoms with Crippen LogP contribution in [0, 0.1) is 5.92 Å². The third-order valence-corrected chi connectivity index (χ3v) is 5.81. The molecule has 3 rings (SSSR count). The number of piperidine rings is 1. The molecular formula is C18H34N4O2. The molecular weight excluding hydrogens is 304 g/mol. The number of aliphatic hydroxyl groups is 1. The Morgan fingerprint density at radius 2 is 2.00 bits per heavy atom. The summed E-state index contributed by atoms with van der Waals surface area (Å²) in [6.45, 7) is 5.97. The van der Waals surface area contributed by atoms with Crippen LogP contribution in [-0.2, 0) is 4.74 Å². The van der Waals surface area contributed by atoms with Gasteiger partial charge in [0.2, 0.25) is 0 Å². The fourth-order valence-corrected chi connectivity index (χ4v) is 4.20. The Kier molecular flexibility index (Phi) is 6.36. The smallest absolute Gasteiger partial charge is 0.191 e. The fraction of sp³-hybridized carbons (Fsp3) is 0.944. The zero-order valence-corrected chi connectivity index (χ0v) is 15.1. The highest BCUT2D eigenvalue weighted by molar-refractivity contribution is 5.80. The van der Waals surface area contributed by atoms with Crippen LogP contribution in [0.3, 0.4) is 0 Å². The molecule has 0 bridgehead atoms. The van der Waals surface area contributed by atoms with Crippen molar-refractivity contribution in [3.63, 3.8) is 0 Å². The highest BCUT2D eigenvalue weighted by Crippen LogP contribution is 2.28. The van der Waals surface area contributed by atoms with Crippen molar-refractivity contribution in [1.82, 2.24) is 15.5 Å². The molecule has 3 N–H and O–H groups in total. The lowest BCUT2D eigenvalue weighted by Crippen LogP contribution is -2.51. The van der Waals surface area contributed by atoms with E-state index in [-0.39, 0.29) is 0 Å². The van der Waals surface area contributed by atoms with Crippen LogP contribution < -0.4 is 10.6 Å². The molecule has 1 unspecified atom stereocenters. The maximum absolute atomic E-state index is 10.4. The van der Waals surface area contributed by atoms with Crippen LogP contribution in [0.2, 0.25) is 0 Å². The molecule has 1 atom stereocenters. The van der Waals surface area contributed by atoms with Crippen LogP contribution in [0.4, 0.5) is 0 Å². The summed E-state index contributed by atoms with van der Waals surface area (Å²) in [6, 6.07) is 0.477. The lowest BCUT2D eigenvalue weighted by molar-refractivity contribution is 0.0520. The molecule has 1 saturated carbocycles. The monoisotopic (exact) mass is 338 g/mol. The predicted octanol–water partition coefficient (Wildman–Crippen LogP) is 0.957. The minimum atomic E-state index is -0.537. The van der Waals surface area contributed by atoms with Crippen LogP contribution in [0.1, 0.15) is 44.9 Å². The summed E-state index contributed by atoms with van der Waals surface area (Å²) in [5, 5.41) is 17.3. The van der Waals surface area contributed by atoms with E-state index in [4.69, 9.17) is 4.74 Å². The first-order valence-corrected chi connectivity index (χ1v) is 9.66. The fourth-order valence-electron chi connectivity index (χ4n) is 4.20. The van der Waals surface area contributed by atoms with Gasteiger partial charge in [0.15, 0.2) is 5.96 Å². The second kappa shape index (κ2) is 8.50. The number of likely N-dealkylation sites (tertiary alicyclic amines) is 1. The predicted molar refractivity (Wildman–Crippen MR) is 96.3 cm³/mol. The maximum atomic E-state index is 10.4. The summed E-state index contributed by atoms with van der Waals surface area (Å²) >= 11 is 0. The maximum Gasteiger partial charge on any atom is 0.191 e. The van der Waals surface area contributed by atoms with Gasteiger partial charge >= 0.3 is 0 Å². The number of hydrogen-bond acceptors (Lipinski definition) is 4. The summed E-state index contributed by atoms with van der Waals surface area (Å²) in [4.78, 5) is 6.91. The Morgan fingerprint density at radius 1 is 1.25 bits per heavy atom. The quantitative estimate of drug-likeness (QED) is 0.514. The van der Waals surface area contributed by atoms with Crippen molar-refractivity contribution in [3.05, 3.63) is 0 Å². The van der Waals surface area contributed by atoms with Gasteiger partial charge in [0, 0.05) is 45.9 Å². The third kappa shape index (κ3) is 5.07. The first-order valence-electron chi connectivity index (χ1n) is 9.66. The number of hydrogen-bond donors (Lipinski definition) is 3. The van der Waals surface area contributed by atoms with Crippen LogP contribution in [-0.4, -0.2) is 74.0 Å². The van der Waals surface area contributed by atoms with E-state index in [1.807, 2.05) is 7.05 Å². The molecule has 24 heavy (non-hydrogen) atoms. The van der Waals surface area contributed by atoms with Gasteiger partial charge in [-0.15, -0.1) is 0 Å². The molecule has 0 aromatic carbocycles. The molecule has 0 amide bonds. The highest BCUT2D eigenvalue weighted by Gasteiger charge is 2.31. The van der Waals surface area contributed by atoms with Crippen molar-refractivity contribution in [2.45, 2.75) is 56.6 Å². The van der Waals surface area contributed by atoms with Gasteiger partial charge in [0.25, 0.3) is 0 Å². The van der Waals surface area contributed by atoms with Gasteiger partial charge in [-0.3, -0.25) is 4.99 Å². The third-order valence-electron chi connectivity index (χ3n) is 5.81. The first-order chi connectivity index (χ1) is 11.7. The number of rotatable bonds is 5. The molecule has 2 aliphatic heterocycles. The second-order valence-corrected chi connectivity index (χ2v) is 7.81. The van der Waals surface area contributed by atoms with Crippen LogP contribution >= 0.6 is 0 Å². The number of aliphatic imine (C=N–C) groups is 1. The van der Waals surface area contributed by atoms with Gasteiger partial charge < -0.3 is 25.4 Å². The molecule has 3 fully saturated rings. The van der Waals surface area contributed by atoms with Gasteiger partial charge in [0.05, 0.1) is 12.2 Å². The minimum Gasteiger partial charge on any atom is -0.388 e. The van der Waals surface area contributed by atoms with E-state index in [2.05, 4.69) is 20.5 Å². The largest absolute Gasteiger partial charge is 0.388 e. The van der Waals surface area contributed by atoms with Crippen LogP contribution in [0.15, 0.2) is 4.99 Å². The van der Waals surface area contributed by atoms with E-state index in [1.165, 1.54) is 13.0 Å². The summed E-state index contributed by atoms with van der Waals surface area (Å²) in [5.74, 6) is 1.56. The number of guanidine groups is 1. The summed E-state index contributed by atoms with van der Waals surface area (Å²) in [6.07, 6.45) is 7.60. The normalized spacial score (nSPS) is 29.1. The van der Waals surface area contributed by atoms with E-state index in [1.54, 1.807) is 0 Å². The van der Waals surface area contributed by atoms with Crippen molar-refractivity contribution in [2.75, 3.05) is 46.4 Å². The molecule has 6 nitrogen and oxygen atoms in total. The van der Waals surface area contributed by atoms with Crippen LogP contribution in [0.25, 0.3) is 0 Å². The standard InChI is InChI=1S/C18H34N4O2/c1-19-17(20-14-18(23)7-2-3-8-18)21-16-4-9-22(10-5-16)12-15-6-11-24-13-15/h15-16,23H,2-14H2,1H3,(H2,19,20,21). The molecule has 0 aromatic rings. The lowest BCUT2D eigenvalue weighted by Gasteiger charge is -2.34. The molecule has 1 aliphatic carbocycles. The summed E-state index contributed by atoms with van der Waals surface area (Å²) < 4.78 is 5.48. The Balaban J connectivity index is 1.36. The first kappa shape index (κ1) is 18.0. The van der Waals surface area contributed by atoms with E-state index in [0.717, 1.165) is 76.7 Å². The number of nitrogens with one attached hydrogen (secondary N) is 2. The summed E-state index contributed by atoms with van der Waals surface area (Å²) in [7, 11) is 1.81. The van der Waals surface area contributed by atoms with Crippen molar-refractivity contribution < 1.29 is 9.84 Å². The summed E-state index contributed by atoms with van der Waals surface area (Å²) in [5.41, 5.74) is -0.537. The Bertz CT molecular complexity index is 409. The van der Waals surface area contributed by atoms with Crippen molar-refractivity contribution in [2.24, 2.45) is 10.9 Å². The molecule has 0 radical (unpaired) electrons. The molecule has 0 aromatic heterocycles. The zero-order valence-electron chi connectivity index (χ0n) is 15.1. The van der Waals surface area contributed by atoms with Crippen molar-refractivity contribution in [3.8, 4) is 0 Å². The van der Waals surface area contributed by atoms with E-state index < -0.39 is 5.60 Å². The SMILES string of the molecule is CN=C(NCC1(O)CCCC1)NC1CCN(CC2CCOC2)CC1. The van der Waals surface area contributed by atoms with Crippen LogP contribution in [0.5, 0.6) is 0 Å². The Hall–Kier alpha value is -0.850. The average molecular weight is 338 g/mol. The van der Waals surface area contributed by atoms with Crippen molar-refractivity contribution in [1.29, 1.82) is 0 Å². The van der Waals surface area contributed by atoms with Crippen molar-refractivity contribution >= 4 is 5.96 Å². The van der Waals surface area contributed by atoms with Gasteiger partial charge in [0.1, 0.15) is 0 Å². The minimum absolute atomic E-state index is 0.477. The van der Waals surface area contributed by atoms with E-state index >= 15 is 0 Å². The van der Waals surface area contributed by atoms with Gasteiger partial charge in [-0.2, -0.15) is 0 Å². The second-order valence-electron chi connectivity index (χ2n) is 7.81. The Labute approximate surface area is 146 Å². The molecule has 2 heterocycles. The highest BCUT2D eigenvalue weighted by atomic mass is 16.5. The molecule has 6 heteroatoms. The molecule has 138 valence electrons. The Morgan fingerprint density at radius 3 is 2.62 bits per heavy atom. The topological polar surface area (TPSA) is 69.1 Å². The molecule has 3 aliphatic rings. The molecule has 2 saturated heterocycles. The lowest BCUT2D eigenvalue weighted by atomic mass is 10.0. The van der Waals surface area contributed by atoms with E-state index in [9.17, 15) is 5.11 Å². The zero-order chi connectivity index (χ0) is 16.8. The number of nitrogens with zero attached hydrogens (tertiary/aromatic N) is 2. The van der Waals surface area contributed by atoms with Gasteiger partial charge in [-0.05, 0) is 38.0 Å². The van der Waals surface area contributed by atoms with E-state index in [0.29, 0.717) is 12.6 Å². The average Bonchev–Trinajstić information content (AvgIpc) is 3.25. The van der Waals surface area contributed by atoms with Gasteiger partial charge in [-0.25, -0.2) is 0 Å². The molecule has 0 spiro atoms. The van der Waals surface area contributed by atoms with Gasteiger partial charge in [-0.1, -0.05) is 12.8 Å².